The van der Waals surface area contributed by atoms with E-state index in [1.807, 2.05) is 42.5 Å². The average molecular weight is 496 g/mol. The first-order valence-corrected chi connectivity index (χ1v) is 12.2. The van der Waals surface area contributed by atoms with Crippen molar-refractivity contribution in [3.8, 4) is 23.0 Å². The predicted molar refractivity (Wildman–Crippen MR) is 133 cm³/mol. The second-order valence-electron chi connectivity index (χ2n) is 7.97. The Hall–Kier alpha value is -3.52. The van der Waals surface area contributed by atoms with E-state index in [0.717, 1.165) is 24.3 Å². The molecule has 0 aromatic heterocycles. The number of nitrogens with one attached hydrogen (secondary N) is 1. The molecule has 0 radical (unpaired) electrons. The van der Waals surface area contributed by atoms with Crippen LogP contribution >= 0.6 is 11.8 Å². The molecule has 35 heavy (non-hydrogen) atoms. The largest absolute Gasteiger partial charge is 0.493 e. The van der Waals surface area contributed by atoms with Crippen molar-refractivity contribution >= 4 is 22.1 Å². The van der Waals surface area contributed by atoms with Crippen LogP contribution in [0, 0.1) is 0 Å². The summed E-state index contributed by atoms with van der Waals surface area (Å²) in [6.07, 6.45) is 2.61. The summed E-state index contributed by atoms with van der Waals surface area (Å²) < 4.78 is 32.4. The maximum Gasteiger partial charge on any atom is 0.289 e. The van der Waals surface area contributed by atoms with Crippen LogP contribution in [0.4, 0.5) is 9.18 Å². The molecular weight excluding hydrogens is 469 g/mol. The van der Waals surface area contributed by atoms with Gasteiger partial charge in [-0.3, -0.25) is 9.59 Å². The molecule has 1 aliphatic rings. The number of ether oxygens (including phenoxy) is 3. The zero-order valence-electron chi connectivity index (χ0n) is 19.3. The van der Waals surface area contributed by atoms with Gasteiger partial charge in [0.25, 0.3) is 16.1 Å². The minimum atomic E-state index is -2.53. The predicted octanol–water partition coefficient (Wildman–Crippen LogP) is 6.38. The Labute approximate surface area is 207 Å². The van der Waals surface area contributed by atoms with E-state index in [-0.39, 0.29) is 5.56 Å². The van der Waals surface area contributed by atoms with Gasteiger partial charge in [-0.25, -0.2) is 4.39 Å². The second kappa shape index (κ2) is 11.3. The number of carbonyl (C=O) groups excluding carboxylic acids is 2. The summed E-state index contributed by atoms with van der Waals surface area (Å²) in [7, 11) is 0. The summed E-state index contributed by atoms with van der Waals surface area (Å²) in [4.78, 5) is 23.2. The third-order valence-corrected chi connectivity index (χ3v) is 6.10. The van der Waals surface area contributed by atoms with E-state index in [2.05, 4.69) is 18.3 Å². The first kappa shape index (κ1) is 24.6. The molecule has 1 aliphatic heterocycles. The molecule has 3 aromatic rings. The lowest BCUT2D eigenvalue weighted by molar-refractivity contribution is -0.122. The molecule has 182 valence electrons. The third kappa shape index (κ3) is 6.14. The summed E-state index contributed by atoms with van der Waals surface area (Å²) in [6.45, 7) is 2.91. The average Bonchev–Trinajstić information content (AvgIpc) is 3.13. The SMILES string of the molecule is CCCc1ccccc1Oc1ccc(OCCCOc2cccc(C3(F)NC(=O)SC3=O)c2)cc1. The van der Waals surface area contributed by atoms with E-state index in [1.165, 1.54) is 17.7 Å². The molecule has 1 saturated heterocycles. The highest BCUT2D eigenvalue weighted by molar-refractivity contribution is 8.26. The Morgan fingerprint density at radius 2 is 1.60 bits per heavy atom. The molecule has 0 bridgehead atoms. The van der Waals surface area contributed by atoms with E-state index < -0.39 is 16.1 Å². The van der Waals surface area contributed by atoms with Gasteiger partial charge in [-0.05, 0) is 54.4 Å². The lowest BCUT2D eigenvalue weighted by atomic mass is 10.1. The van der Waals surface area contributed by atoms with Gasteiger partial charge in [-0.15, -0.1) is 0 Å². The van der Waals surface area contributed by atoms with Crippen LogP contribution in [-0.2, 0) is 17.0 Å². The summed E-state index contributed by atoms with van der Waals surface area (Å²) in [6, 6.07) is 21.6. The number of carbonyl (C=O) groups is 2. The third-order valence-electron chi connectivity index (χ3n) is 5.34. The van der Waals surface area contributed by atoms with Crippen LogP contribution in [0.3, 0.4) is 0 Å². The van der Waals surface area contributed by atoms with Gasteiger partial charge in [0.15, 0.2) is 0 Å². The van der Waals surface area contributed by atoms with Crippen molar-refractivity contribution in [3.05, 3.63) is 83.9 Å². The highest BCUT2D eigenvalue weighted by atomic mass is 32.2. The molecule has 1 atom stereocenters. The molecule has 1 unspecified atom stereocenters. The topological polar surface area (TPSA) is 73.9 Å². The Morgan fingerprint density at radius 3 is 2.31 bits per heavy atom. The minimum absolute atomic E-state index is 0.0363. The van der Waals surface area contributed by atoms with Crippen LogP contribution in [0.2, 0.25) is 0 Å². The maximum absolute atomic E-state index is 14.9. The van der Waals surface area contributed by atoms with Gasteiger partial charge in [-0.2, -0.15) is 0 Å². The summed E-state index contributed by atoms with van der Waals surface area (Å²) in [5, 5.41) is 0.480. The van der Waals surface area contributed by atoms with Crippen molar-refractivity contribution in [2.24, 2.45) is 0 Å². The molecule has 8 heteroatoms. The standard InChI is InChI=1S/C27H26FNO5S/c1-2-7-19-8-3-4-11-24(19)34-22-14-12-21(13-15-22)32-16-6-17-33-23-10-5-9-20(18-23)27(28)25(30)35-26(31)29-27/h3-5,8-15,18H,2,6-7,16-17H2,1H3,(H,29,31). The fourth-order valence-corrected chi connectivity index (χ4v) is 4.28. The van der Waals surface area contributed by atoms with E-state index >= 15 is 0 Å². The molecule has 1 amide bonds. The number of benzene rings is 3. The number of alkyl halides is 1. The molecular formula is C27H26FNO5S. The van der Waals surface area contributed by atoms with Crippen molar-refractivity contribution in [3.63, 3.8) is 0 Å². The summed E-state index contributed by atoms with van der Waals surface area (Å²) >= 11 is 0.325. The van der Waals surface area contributed by atoms with Gasteiger partial charge in [-0.1, -0.05) is 43.7 Å². The van der Waals surface area contributed by atoms with Crippen molar-refractivity contribution < 1.29 is 28.2 Å². The van der Waals surface area contributed by atoms with Crippen molar-refractivity contribution in [1.82, 2.24) is 5.32 Å². The van der Waals surface area contributed by atoms with Crippen molar-refractivity contribution in [2.45, 2.75) is 32.0 Å². The Kier molecular flexibility index (Phi) is 7.92. The molecule has 1 N–H and O–H groups in total. The molecule has 1 heterocycles. The fraction of sp³-hybridized carbons (Fsp3) is 0.259. The number of hydrogen-bond acceptors (Lipinski definition) is 6. The first-order chi connectivity index (χ1) is 17.0. The number of aryl methyl sites for hydroxylation is 1. The quantitative estimate of drug-likeness (QED) is 0.246. The first-order valence-electron chi connectivity index (χ1n) is 11.4. The zero-order chi connectivity index (χ0) is 24.7. The van der Waals surface area contributed by atoms with Crippen LogP contribution in [-0.4, -0.2) is 23.6 Å². The maximum atomic E-state index is 14.9. The zero-order valence-corrected chi connectivity index (χ0v) is 20.1. The molecule has 0 aliphatic carbocycles. The monoisotopic (exact) mass is 495 g/mol. The van der Waals surface area contributed by atoms with Crippen molar-refractivity contribution in [2.75, 3.05) is 13.2 Å². The van der Waals surface area contributed by atoms with E-state index in [1.54, 1.807) is 12.1 Å². The highest BCUT2D eigenvalue weighted by Gasteiger charge is 2.49. The lowest BCUT2D eigenvalue weighted by Gasteiger charge is -2.18. The molecule has 4 rings (SSSR count). The van der Waals surface area contributed by atoms with Crippen LogP contribution in [0.1, 0.15) is 30.9 Å². The van der Waals surface area contributed by atoms with Gasteiger partial charge in [0.2, 0.25) is 0 Å². The van der Waals surface area contributed by atoms with Gasteiger partial charge >= 0.3 is 0 Å². The Morgan fingerprint density at radius 1 is 0.886 bits per heavy atom. The van der Waals surface area contributed by atoms with Gasteiger partial charge in [0, 0.05) is 23.7 Å². The number of para-hydroxylation sites is 1. The van der Waals surface area contributed by atoms with E-state index in [4.69, 9.17) is 14.2 Å². The number of thioether (sulfide) groups is 1. The number of halogens is 1. The Bertz CT molecular complexity index is 1190. The van der Waals surface area contributed by atoms with Crippen LogP contribution < -0.4 is 19.5 Å². The normalized spacial score (nSPS) is 17.2. The molecule has 0 spiro atoms. The number of amides is 1. The molecule has 3 aromatic carbocycles. The molecule has 6 nitrogen and oxygen atoms in total. The van der Waals surface area contributed by atoms with E-state index in [9.17, 15) is 14.0 Å². The Balaban J connectivity index is 1.23. The van der Waals surface area contributed by atoms with Crippen LogP contribution in [0.5, 0.6) is 23.0 Å². The lowest BCUT2D eigenvalue weighted by Crippen LogP contribution is -2.38. The summed E-state index contributed by atoms with van der Waals surface area (Å²) in [5.74, 6) is 0.196. The van der Waals surface area contributed by atoms with Crippen LogP contribution in [0.15, 0.2) is 72.8 Å². The van der Waals surface area contributed by atoms with Crippen molar-refractivity contribution in [1.29, 1.82) is 0 Å². The minimum Gasteiger partial charge on any atom is -0.493 e. The van der Waals surface area contributed by atoms with E-state index in [0.29, 0.717) is 42.9 Å². The van der Waals surface area contributed by atoms with Gasteiger partial charge < -0.3 is 19.5 Å². The van der Waals surface area contributed by atoms with Crippen LogP contribution in [0.25, 0.3) is 0 Å². The number of hydrogen-bond donors (Lipinski definition) is 1. The number of rotatable bonds is 11. The highest BCUT2D eigenvalue weighted by Crippen LogP contribution is 2.36. The molecule has 1 fully saturated rings. The fourth-order valence-electron chi connectivity index (χ4n) is 3.61. The second-order valence-corrected chi connectivity index (χ2v) is 8.92. The molecule has 0 saturated carbocycles. The smallest absolute Gasteiger partial charge is 0.289 e. The summed E-state index contributed by atoms with van der Waals surface area (Å²) in [5.41, 5.74) is 1.22. The van der Waals surface area contributed by atoms with Gasteiger partial charge in [0.05, 0.1) is 13.2 Å². The van der Waals surface area contributed by atoms with Gasteiger partial charge in [0.1, 0.15) is 23.0 Å².